The highest BCUT2D eigenvalue weighted by molar-refractivity contribution is 6.18. The fourth-order valence-electron chi connectivity index (χ4n) is 3.27. The van der Waals surface area contributed by atoms with Gasteiger partial charge < -0.3 is 10.1 Å². The molecule has 4 rings (SSSR count). The molecule has 0 aliphatic carbocycles. The summed E-state index contributed by atoms with van der Waals surface area (Å²) in [7, 11) is 1.57. The SMILES string of the molecule is COc1cccc(C2=Nc3cccnc3N(CC(=O)Nc3cccc(F)c3)C(=O)C2)c1. The fourth-order valence-corrected chi connectivity index (χ4v) is 3.27. The van der Waals surface area contributed by atoms with E-state index in [0.29, 0.717) is 28.7 Å². The number of nitrogens with zero attached hydrogens (tertiary/aromatic N) is 3. The van der Waals surface area contributed by atoms with Crippen LogP contribution in [0.25, 0.3) is 0 Å². The van der Waals surface area contributed by atoms with E-state index >= 15 is 0 Å². The topological polar surface area (TPSA) is 83.9 Å². The van der Waals surface area contributed by atoms with Crippen LogP contribution in [0.15, 0.2) is 71.9 Å². The number of methoxy groups -OCH3 is 1. The Kier molecular flexibility index (Phi) is 5.70. The van der Waals surface area contributed by atoms with E-state index in [9.17, 15) is 14.0 Å². The number of pyridine rings is 1. The summed E-state index contributed by atoms with van der Waals surface area (Å²) in [4.78, 5) is 35.9. The number of ether oxygens (including phenoxy) is 1. The van der Waals surface area contributed by atoms with Crippen LogP contribution in [-0.2, 0) is 9.59 Å². The molecule has 0 spiro atoms. The van der Waals surface area contributed by atoms with E-state index in [0.717, 1.165) is 5.56 Å². The molecule has 3 aromatic rings. The van der Waals surface area contributed by atoms with Gasteiger partial charge in [-0.2, -0.15) is 0 Å². The molecule has 1 aromatic heterocycles. The summed E-state index contributed by atoms with van der Waals surface area (Å²) in [6, 6.07) is 16.3. The average molecular weight is 418 g/mol. The maximum Gasteiger partial charge on any atom is 0.244 e. The molecular weight excluding hydrogens is 399 g/mol. The predicted molar refractivity (Wildman–Crippen MR) is 115 cm³/mol. The lowest BCUT2D eigenvalue weighted by Gasteiger charge is -2.20. The first kappa shape index (κ1) is 20.2. The number of nitrogens with one attached hydrogen (secondary N) is 1. The highest BCUT2D eigenvalue weighted by Crippen LogP contribution is 2.31. The second-order valence-electron chi connectivity index (χ2n) is 6.85. The molecule has 31 heavy (non-hydrogen) atoms. The van der Waals surface area contributed by atoms with Crippen LogP contribution in [0.3, 0.4) is 0 Å². The molecule has 2 amide bonds. The molecule has 0 atom stereocenters. The molecule has 0 fully saturated rings. The molecule has 0 bridgehead atoms. The Morgan fingerprint density at radius 2 is 2.00 bits per heavy atom. The Bertz CT molecular complexity index is 1180. The summed E-state index contributed by atoms with van der Waals surface area (Å²) < 4.78 is 18.7. The number of hydrogen-bond acceptors (Lipinski definition) is 5. The molecule has 1 aliphatic heterocycles. The minimum Gasteiger partial charge on any atom is -0.497 e. The molecule has 2 aromatic carbocycles. The number of anilines is 2. The van der Waals surface area contributed by atoms with Gasteiger partial charge in [0.25, 0.3) is 0 Å². The molecule has 1 N–H and O–H groups in total. The largest absolute Gasteiger partial charge is 0.497 e. The molecular formula is C23H19FN4O3. The van der Waals surface area contributed by atoms with Gasteiger partial charge in [0, 0.05) is 17.4 Å². The van der Waals surface area contributed by atoms with Crippen molar-refractivity contribution < 1.29 is 18.7 Å². The maximum absolute atomic E-state index is 13.4. The van der Waals surface area contributed by atoms with Gasteiger partial charge in [0.1, 0.15) is 23.8 Å². The highest BCUT2D eigenvalue weighted by Gasteiger charge is 2.28. The number of amides is 2. The summed E-state index contributed by atoms with van der Waals surface area (Å²) in [6.45, 7) is -0.278. The number of benzene rings is 2. The second-order valence-corrected chi connectivity index (χ2v) is 6.85. The van der Waals surface area contributed by atoms with Gasteiger partial charge in [-0.05, 0) is 42.5 Å². The summed E-state index contributed by atoms with van der Waals surface area (Å²) in [5.41, 5.74) is 2.08. The zero-order chi connectivity index (χ0) is 21.8. The van der Waals surface area contributed by atoms with Crippen molar-refractivity contribution in [1.82, 2.24) is 4.98 Å². The van der Waals surface area contributed by atoms with E-state index < -0.39 is 11.7 Å². The fraction of sp³-hybridized carbons (Fsp3) is 0.130. The first-order valence-corrected chi connectivity index (χ1v) is 9.56. The smallest absolute Gasteiger partial charge is 0.244 e. The zero-order valence-corrected chi connectivity index (χ0v) is 16.7. The number of carbonyl (C=O) groups is 2. The number of rotatable bonds is 5. The normalized spacial score (nSPS) is 13.2. The molecule has 0 saturated heterocycles. The highest BCUT2D eigenvalue weighted by atomic mass is 19.1. The van der Waals surface area contributed by atoms with Crippen molar-refractivity contribution in [2.45, 2.75) is 6.42 Å². The minimum atomic E-state index is -0.472. The Morgan fingerprint density at radius 1 is 1.16 bits per heavy atom. The van der Waals surface area contributed by atoms with Crippen LogP contribution < -0.4 is 15.0 Å². The maximum atomic E-state index is 13.4. The van der Waals surface area contributed by atoms with Crippen molar-refractivity contribution >= 4 is 34.7 Å². The van der Waals surface area contributed by atoms with Gasteiger partial charge in [0.15, 0.2) is 5.82 Å². The van der Waals surface area contributed by atoms with E-state index in [1.54, 1.807) is 37.4 Å². The van der Waals surface area contributed by atoms with Gasteiger partial charge in [0.05, 0.1) is 19.2 Å². The summed E-state index contributed by atoms with van der Waals surface area (Å²) in [6.07, 6.45) is 1.52. The van der Waals surface area contributed by atoms with E-state index in [4.69, 9.17) is 4.74 Å². The predicted octanol–water partition coefficient (Wildman–Crippen LogP) is 3.73. The van der Waals surface area contributed by atoms with E-state index in [1.165, 1.54) is 29.3 Å². The van der Waals surface area contributed by atoms with Crippen LogP contribution in [0.5, 0.6) is 5.75 Å². The lowest BCUT2D eigenvalue weighted by atomic mass is 10.1. The monoisotopic (exact) mass is 418 g/mol. The minimum absolute atomic E-state index is 0.0171. The van der Waals surface area contributed by atoms with Crippen molar-refractivity contribution in [3.8, 4) is 5.75 Å². The second kappa shape index (κ2) is 8.74. The van der Waals surface area contributed by atoms with Gasteiger partial charge in [0.2, 0.25) is 11.8 Å². The van der Waals surface area contributed by atoms with Crippen LogP contribution in [-0.4, -0.2) is 36.2 Å². The number of fused-ring (bicyclic) bond motifs is 1. The van der Waals surface area contributed by atoms with Crippen molar-refractivity contribution in [2.75, 3.05) is 23.9 Å². The lowest BCUT2D eigenvalue weighted by molar-refractivity contribution is -0.120. The molecule has 8 heteroatoms. The van der Waals surface area contributed by atoms with Gasteiger partial charge >= 0.3 is 0 Å². The Hall–Kier alpha value is -4.07. The van der Waals surface area contributed by atoms with Gasteiger partial charge in [-0.1, -0.05) is 18.2 Å². The summed E-state index contributed by atoms with van der Waals surface area (Å²) >= 11 is 0. The van der Waals surface area contributed by atoms with Gasteiger partial charge in [-0.3, -0.25) is 14.5 Å². The van der Waals surface area contributed by atoms with Gasteiger partial charge in [-0.25, -0.2) is 14.4 Å². The molecule has 7 nitrogen and oxygen atoms in total. The third-order valence-corrected chi connectivity index (χ3v) is 4.71. The van der Waals surface area contributed by atoms with Crippen LogP contribution in [0.4, 0.5) is 21.6 Å². The molecule has 1 aliphatic rings. The molecule has 0 saturated carbocycles. The van der Waals surface area contributed by atoms with Crippen molar-refractivity contribution in [1.29, 1.82) is 0 Å². The number of carbonyl (C=O) groups excluding carboxylic acids is 2. The summed E-state index contributed by atoms with van der Waals surface area (Å²) in [5, 5.41) is 2.61. The molecule has 156 valence electrons. The van der Waals surface area contributed by atoms with Crippen LogP contribution in [0.1, 0.15) is 12.0 Å². The van der Waals surface area contributed by atoms with E-state index in [2.05, 4.69) is 15.3 Å². The zero-order valence-electron chi connectivity index (χ0n) is 16.7. The first-order valence-electron chi connectivity index (χ1n) is 9.56. The van der Waals surface area contributed by atoms with Crippen molar-refractivity contribution in [3.05, 3.63) is 78.2 Å². The lowest BCUT2D eigenvalue weighted by Crippen LogP contribution is -2.39. The van der Waals surface area contributed by atoms with Crippen LogP contribution in [0, 0.1) is 5.82 Å². The van der Waals surface area contributed by atoms with E-state index in [-0.39, 0.29) is 18.9 Å². The standard InChI is InChI=1S/C23H19FN4O3/c1-31-18-8-2-5-15(11-18)20-13-22(30)28(23-19(27-20)9-4-10-25-23)14-21(29)26-17-7-3-6-16(24)12-17/h2-12H,13-14H2,1H3,(H,26,29). The van der Waals surface area contributed by atoms with Crippen LogP contribution in [0.2, 0.25) is 0 Å². The van der Waals surface area contributed by atoms with Gasteiger partial charge in [-0.15, -0.1) is 0 Å². The van der Waals surface area contributed by atoms with Crippen molar-refractivity contribution in [3.63, 3.8) is 0 Å². The molecule has 2 heterocycles. The summed E-state index contributed by atoms with van der Waals surface area (Å²) in [5.74, 6) is -0.324. The number of hydrogen-bond donors (Lipinski definition) is 1. The van der Waals surface area contributed by atoms with Crippen LogP contribution >= 0.6 is 0 Å². The Morgan fingerprint density at radius 3 is 2.81 bits per heavy atom. The molecule has 0 radical (unpaired) electrons. The molecule has 0 unspecified atom stereocenters. The van der Waals surface area contributed by atoms with Crippen molar-refractivity contribution in [2.24, 2.45) is 4.99 Å². The van der Waals surface area contributed by atoms with E-state index in [1.807, 2.05) is 12.1 Å². The number of aromatic nitrogens is 1. The number of halogens is 1. The third kappa shape index (κ3) is 4.58. The quantitative estimate of drug-likeness (QED) is 0.684. The average Bonchev–Trinajstić information content (AvgIpc) is 2.90. The Balaban J connectivity index is 1.62. The number of aliphatic imine (C=N–C) groups is 1. The third-order valence-electron chi connectivity index (χ3n) is 4.71. The Labute approximate surface area is 178 Å². The first-order chi connectivity index (χ1) is 15.0.